The van der Waals surface area contributed by atoms with Crippen molar-refractivity contribution < 1.29 is 71.3 Å². The van der Waals surface area contributed by atoms with E-state index in [1.54, 1.807) is 0 Å². The van der Waals surface area contributed by atoms with E-state index in [1.807, 2.05) is 0 Å². The Morgan fingerprint density at radius 1 is 0.333 bits per heavy atom. The van der Waals surface area contributed by atoms with Gasteiger partial charge in [0, 0.05) is 0 Å². The summed E-state index contributed by atoms with van der Waals surface area (Å²) in [6.45, 7) is 0. The van der Waals surface area contributed by atoms with Crippen LogP contribution in [0.1, 0.15) is 38.5 Å². The first-order valence-corrected chi connectivity index (χ1v) is 19.6. The Bertz CT molecular complexity index is 1300. The molecule has 1 aliphatic rings. The summed E-state index contributed by atoms with van der Waals surface area (Å²) in [5.74, 6) is 0. The maximum absolute atomic E-state index is 9.75. The molecule has 0 aromatic heterocycles. The van der Waals surface area contributed by atoms with Crippen LogP contribution in [-0.2, 0) is 19.5 Å². The van der Waals surface area contributed by atoms with E-state index in [2.05, 4.69) is 146 Å². The third kappa shape index (κ3) is 31.5. The summed E-state index contributed by atoms with van der Waals surface area (Å²) in [5, 5.41) is 5.97. The summed E-state index contributed by atoms with van der Waals surface area (Å²) in [5.41, 5.74) is 0. The second-order valence-corrected chi connectivity index (χ2v) is 15.6. The minimum Gasteiger partial charge on any atom is -0.418 e. The monoisotopic (exact) mass is 898 g/mol. The fraction of sp³-hybridized carbons (Fsp3) is 0.222. The summed E-state index contributed by atoms with van der Waals surface area (Å²) in [7, 11) is -18.6. The van der Waals surface area contributed by atoms with Crippen molar-refractivity contribution in [2.45, 2.75) is 38.5 Å². The SMILES string of the molecule is C1=C\CC/C=C\CC/1.F[B-](F)(F)F.F[B-](F)(F)F.F[B-](F)(F)F.[Rh+3].c1ccc(P(CCCCP(c2ccccc2)c2ccccc2)c2ccccc2)cc1. The van der Waals surface area contributed by atoms with Gasteiger partial charge in [0.2, 0.25) is 0 Å². The summed E-state index contributed by atoms with van der Waals surface area (Å²) >= 11 is 0. The molecule has 1 aliphatic carbocycles. The molecule has 0 nitrogen and oxygen atoms in total. The van der Waals surface area contributed by atoms with Crippen molar-refractivity contribution in [3.05, 3.63) is 146 Å². The quantitative estimate of drug-likeness (QED) is 0.0516. The van der Waals surface area contributed by atoms with Crippen LogP contribution >= 0.6 is 15.8 Å². The van der Waals surface area contributed by atoms with E-state index in [9.17, 15) is 51.8 Å². The average molecular weight is 898 g/mol. The van der Waals surface area contributed by atoms with Gasteiger partial charge < -0.3 is 51.8 Å². The molecule has 0 heterocycles. The van der Waals surface area contributed by atoms with Gasteiger partial charge in [0.1, 0.15) is 0 Å². The van der Waals surface area contributed by atoms with Gasteiger partial charge in [0.25, 0.3) is 0 Å². The second-order valence-electron chi connectivity index (χ2n) is 10.9. The van der Waals surface area contributed by atoms with Gasteiger partial charge >= 0.3 is 41.2 Å². The van der Waals surface area contributed by atoms with Crippen LogP contribution in [0.4, 0.5) is 51.8 Å². The van der Waals surface area contributed by atoms with E-state index in [4.69, 9.17) is 0 Å². The molecule has 0 bridgehead atoms. The first kappa shape index (κ1) is 51.2. The molecule has 0 saturated carbocycles. The molecule has 18 heteroatoms. The fourth-order valence-corrected chi connectivity index (χ4v) is 9.48. The van der Waals surface area contributed by atoms with Crippen LogP contribution < -0.4 is 21.2 Å². The molecule has 0 saturated heterocycles. The van der Waals surface area contributed by atoms with E-state index in [0.717, 1.165) is 0 Å². The van der Waals surface area contributed by atoms with Crippen LogP contribution in [0.2, 0.25) is 0 Å². The Morgan fingerprint density at radius 2 is 0.500 bits per heavy atom. The van der Waals surface area contributed by atoms with Gasteiger partial charge in [-0.15, -0.1) is 0 Å². The van der Waals surface area contributed by atoms with Gasteiger partial charge in [-0.05, 0) is 87.9 Å². The molecule has 4 aromatic rings. The first-order valence-electron chi connectivity index (χ1n) is 16.6. The van der Waals surface area contributed by atoms with Crippen LogP contribution in [0.15, 0.2) is 146 Å². The molecule has 0 aliphatic heterocycles. The molecule has 0 atom stereocenters. The van der Waals surface area contributed by atoms with Gasteiger partial charge in [-0.3, -0.25) is 0 Å². The molecular weight excluding hydrogens is 858 g/mol. The van der Waals surface area contributed by atoms with Gasteiger partial charge in [0.15, 0.2) is 0 Å². The third-order valence-corrected chi connectivity index (χ3v) is 11.8. The Labute approximate surface area is 325 Å². The standard InChI is InChI=1S/C28H28P2.C8H12.3BF4.Rh/c1-5-15-25(16-6-1)29(26-17-7-2-8-18-26)23-13-14-24-30(27-19-9-3-10-20-27)28-21-11-4-12-22-28;1-2-4-6-8-7-5-3-1;3*2-1(3,4)5;/h1-12,15-22H,13-14,23-24H2;1-2,7-8H,3-6H2;;;;/q;;3*-1;+3/b;2-1-,8-7-;;;;. The Morgan fingerprint density at radius 3 is 0.667 bits per heavy atom. The van der Waals surface area contributed by atoms with Gasteiger partial charge in [-0.2, -0.15) is 0 Å². The second kappa shape index (κ2) is 28.6. The summed E-state index contributed by atoms with van der Waals surface area (Å²) in [6.07, 6.45) is 19.1. The van der Waals surface area contributed by atoms with E-state index in [-0.39, 0.29) is 35.3 Å². The van der Waals surface area contributed by atoms with Crippen LogP contribution in [0.25, 0.3) is 0 Å². The van der Waals surface area contributed by atoms with Crippen LogP contribution in [0, 0.1) is 0 Å². The minimum atomic E-state index is -6.00. The third-order valence-electron chi connectivity index (χ3n) is 6.62. The predicted molar refractivity (Wildman–Crippen MR) is 204 cm³/mol. The number of halogens is 12. The van der Waals surface area contributed by atoms with Crippen molar-refractivity contribution in [1.29, 1.82) is 0 Å². The number of hydrogen-bond acceptors (Lipinski definition) is 0. The minimum absolute atomic E-state index is 0. The summed E-state index contributed by atoms with van der Waals surface area (Å²) < 4.78 is 117. The molecule has 4 aromatic carbocycles. The van der Waals surface area contributed by atoms with Crippen molar-refractivity contribution in [1.82, 2.24) is 0 Å². The van der Waals surface area contributed by atoms with Crippen molar-refractivity contribution in [2.75, 3.05) is 12.3 Å². The average Bonchev–Trinajstić information content (AvgIpc) is 3.06. The number of allylic oxidation sites excluding steroid dienone is 4. The van der Waals surface area contributed by atoms with Crippen LogP contribution in [0.3, 0.4) is 0 Å². The smallest absolute Gasteiger partial charge is 0.418 e. The number of rotatable bonds is 9. The zero-order chi connectivity index (χ0) is 39.6. The zero-order valence-electron chi connectivity index (χ0n) is 29.0. The molecule has 0 radical (unpaired) electrons. The summed E-state index contributed by atoms with van der Waals surface area (Å²) in [6, 6.07) is 44.3. The molecule has 0 N–H and O–H groups in total. The van der Waals surface area contributed by atoms with E-state index >= 15 is 0 Å². The van der Waals surface area contributed by atoms with E-state index < -0.39 is 21.8 Å². The van der Waals surface area contributed by atoms with Gasteiger partial charge in [-0.25, -0.2) is 0 Å². The normalized spacial score (nSPS) is 13.7. The number of unbranched alkanes of at least 4 members (excludes halogenated alkanes) is 1. The maximum Gasteiger partial charge on any atom is 3.00 e. The molecule has 0 fully saturated rings. The van der Waals surface area contributed by atoms with Crippen LogP contribution in [-0.4, -0.2) is 34.1 Å². The van der Waals surface area contributed by atoms with E-state index in [0.29, 0.717) is 0 Å². The molecule has 5 rings (SSSR count). The Kier molecular flexibility index (Phi) is 27.1. The molecule has 0 spiro atoms. The fourth-order valence-electron chi connectivity index (χ4n) is 4.64. The van der Waals surface area contributed by atoms with Crippen molar-refractivity contribution >= 4 is 58.8 Å². The Balaban J connectivity index is 0.000000951. The molecule has 0 unspecified atom stereocenters. The molecule has 54 heavy (non-hydrogen) atoms. The topological polar surface area (TPSA) is 0 Å². The van der Waals surface area contributed by atoms with Gasteiger partial charge in [0.05, 0.1) is 0 Å². The molecular formula is C36H40B3F12P2Rh. The summed E-state index contributed by atoms with van der Waals surface area (Å²) in [4.78, 5) is 0. The number of hydrogen-bond donors (Lipinski definition) is 0. The van der Waals surface area contributed by atoms with Crippen molar-refractivity contribution in [3.63, 3.8) is 0 Å². The van der Waals surface area contributed by atoms with Crippen LogP contribution in [0.5, 0.6) is 0 Å². The Hall–Kier alpha value is -2.80. The first-order chi connectivity index (χ1) is 24.9. The van der Waals surface area contributed by atoms with Crippen molar-refractivity contribution in [2.24, 2.45) is 0 Å². The number of benzene rings is 4. The van der Waals surface area contributed by atoms with Crippen molar-refractivity contribution in [3.8, 4) is 0 Å². The predicted octanol–water partition coefficient (Wildman–Crippen LogP) is 12.6. The zero-order valence-corrected chi connectivity index (χ0v) is 32.4. The molecule has 296 valence electrons. The largest absolute Gasteiger partial charge is 3.00 e. The molecule has 0 amide bonds. The van der Waals surface area contributed by atoms with E-state index in [1.165, 1.54) is 72.1 Å². The maximum atomic E-state index is 9.75. The van der Waals surface area contributed by atoms with Gasteiger partial charge in [-0.1, -0.05) is 146 Å².